The highest BCUT2D eigenvalue weighted by molar-refractivity contribution is 5.48. The highest BCUT2D eigenvalue weighted by atomic mass is 16.3. The van der Waals surface area contributed by atoms with Gasteiger partial charge in [0.2, 0.25) is 0 Å². The van der Waals surface area contributed by atoms with E-state index in [-0.39, 0.29) is 0 Å². The minimum absolute atomic E-state index is 0.454. The van der Waals surface area contributed by atoms with Gasteiger partial charge in [-0.2, -0.15) is 0 Å². The molecule has 1 aliphatic carbocycles. The summed E-state index contributed by atoms with van der Waals surface area (Å²) in [6, 6.07) is 3.87. The van der Waals surface area contributed by atoms with Crippen LogP contribution in [0.2, 0.25) is 0 Å². The summed E-state index contributed by atoms with van der Waals surface area (Å²) in [5.74, 6) is 0.913. The van der Waals surface area contributed by atoms with E-state index in [0.29, 0.717) is 18.2 Å². The van der Waals surface area contributed by atoms with Crippen molar-refractivity contribution >= 4 is 0 Å². The molecular weight excluding hydrogens is 186 g/mol. The van der Waals surface area contributed by atoms with Gasteiger partial charge >= 0.3 is 0 Å². The molecule has 2 rings (SSSR count). The number of benzene rings is 1. The molecule has 2 heteroatoms. The molecule has 3 N–H and O–H groups in total. The Kier molecular flexibility index (Phi) is 2.96. The van der Waals surface area contributed by atoms with Gasteiger partial charge in [-0.25, -0.2) is 0 Å². The summed E-state index contributed by atoms with van der Waals surface area (Å²) in [7, 11) is 0. The fourth-order valence-corrected chi connectivity index (χ4v) is 2.69. The maximum absolute atomic E-state index is 9.85. The average Bonchev–Trinajstić information content (AvgIpc) is 2.29. The SMILES string of the molecule is CCc1ccc(O)c2c1C(CN)CCC2. The van der Waals surface area contributed by atoms with Crippen molar-refractivity contribution in [1.82, 2.24) is 0 Å². The summed E-state index contributed by atoms with van der Waals surface area (Å²) in [6.45, 7) is 2.86. The first-order valence-electron chi connectivity index (χ1n) is 5.81. The molecule has 0 saturated heterocycles. The molecule has 0 spiro atoms. The van der Waals surface area contributed by atoms with Crippen LogP contribution in [0.1, 0.15) is 42.4 Å². The normalized spacial score (nSPS) is 20.0. The molecule has 0 aromatic heterocycles. The van der Waals surface area contributed by atoms with Gasteiger partial charge in [-0.15, -0.1) is 0 Å². The largest absolute Gasteiger partial charge is 0.508 e. The van der Waals surface area contributed by atoms with Crippen molar-refractivity contribution in [3.05, 3.63) is 28.8 Å². The van der Waals surface area contributed by atoms with Gasteiger partial charge in [0, 0.05) is 0 Å². The number of hydrogen-bond acceptors (Lipinski definition) is 2. The second-order valence-electron chi connectivity index (χ2n) is 4.31. The van der Waals surface area contributed by atoms with Crippen LogP contribution in [-0.2, 0) is 12.8 Å². The van der Waals surface area contributed by atoms with E-state index < -0.39 is 0 Å². The molecule has 0 bridgehead atoms. The van der Waals surface area contributed by atoms with Gasteiger partial charge in [-0.3, -0.25) is 0 Å². The van der Waals surface area contributed by atoms with Crippen molar-refractivity contribution in [3.8, 4) is 5.75 Å². The molecule has 0 amide bonds. The molecular formula is C13H19NO. The molecule has 0 radical (unpaired) electrons. The van der Waals surface area contributed by atoms with Gasteiger partial charge in [0.05, 0.1) is 0 Å². The van der Waals surface area contributed by atoms with Gasteiger partial charge < -0.3 is 10.8 Å². The second kappa shape index (κ2) is 4.23. The highest BCUT2D eigenvalue weighted by Crippen LogP contribution is 2.38. The van der Waals surface area contributed by atoms with Crippen LogP contribution in [0.4, 0.5) is 0 Å². The van der Waals surface area contributed by atoms with E-state index in [1.165, 1.54) is 17.5 Å². The summed E-state index contributed by atoms with van der Waals surface area (Å²) in [5.41, 5.74) is 9.66. The minimum Gasteiger partial charge on any atom is -0.508 e. The van der Waals surface area contributed by atoms with Crippen LogP contribution >= 0.6 is 0 Å². The average molecular weight is 205 g/mol. The molecule has 0 heterocycles. The fraction of sp³-hybridized carbons (Fsp3) is 0.538. The number of aryl methyl sites for hydroxylation is 1. The Morgan fingerprint density at radius 1 is 1.47 bits per heavy atom. The molecule has 0 fully saturated rings. The Morgan fingerprint density at radius 3 is 2.93 bits per heavy atom. The van der Waals surface area contributed by atoms with E-state index in [0.717, 1.165) is 24.8 Å². The Labute approximate surface area is 91.1 Å². The lowest BCUT2D eigenvalue weighted by molar-refractivity contribution is 0.453. The van der Waals surface area contributed by atoms with Crippen LogP contribution < -0.4 is 5.73 Å². The van der Waals surface area contributed by atoms with Gasteiger partial charge in [-0.1, -0.05) is 13.0 Å². The summed E-state index contributed by atoms with van der Waals surface area (Å²) < 4.78 is 0. The number of hydrogen-bond donors (Lipinski definition) is 2. The fourth-order valence-electron chi connectivity index (χ4n) is 2.69. The number of fused-ring (bicyclic) bond motifs is 1. The van der Waals surface area contributed by atoms with Crippen LogP contribution in [0.15, 0.2) is 12.1 Å². The molecule has 1 aromatic rings. The van der Waals surface area contributed by atoms with Gasteiger partial charge in [0.25, 0.3) is 0 Å². The number of rotatable bonds is 2. The van der Waals surface area contributed by atoms with Gasteiger partial charge in [0.15, 0.2) is 0 Å². The molecule has 0 aliphatic heterocycles. The zero-order valence-corrected chi connectivity index (χ0v) is 9.29. The van der Waals surface area contributed by atoms with Gasteiger partial charge in [-0.05, 0) is 60.9 Å². The molecule has 0 saturated carbocycles. The Bertz CT molecular complexity index is 360. The Balaban J connectivity index is 2.55. The monoisotopic (exact) mass is 205 g/mol. The lowest BCUT2D eigenvalue weighted by Gasteiger charge is -2.27. The summed E-state index contributed by atoms with van der Waals surface area (Å²) >= 11 is 0. The third-order valence-corrected chi connectivity index (χ3v) is 3.48. The van der Waals surface area contributed by atoms with Crippen molar-refractivity contribution in [3.63, 3.8) is 0 Å². The number of phenols is 1. The maximum atomic E-state index is 9.85. The quantitative estimate of drug-likeness (QED) is 0.778. The first-order chi connectivity index (χ1) is 7.27. The minimum atomic E-state index is 0.454. The zero-order chi connectivity index (χ0) is 10.8. The van der Waals surface area contributed by atoms with E-state index in [4.69, 9.17) is 5.73 Å². The van der Waals surface area contributed by atoms with E-state index in [1.807, 2.05) is 12.1 Å². The van der Waals surface area contributed by atoms with E-state index in [9.17, 15) is 5.11 Å². The van der Waals surface area contributed by atoms with Crippen molar-refractivity contribution in [2.45, 2.75) is 38.5 Å². The van der Waals surface area contributed by atoms with Crippen molar-refractivity contribution in [2.24, 2.45) is 5.73 Å². The van der Waals surface area contributed by atoms with Crippen molar-refractivity contribution in [1.29, 1.82) is 0 Å². The smallest absolute Gasteiger partial charge is 0.119 e. The zero-order valence-electron chi connectivity index (χ0n) is 9.29. The van der Waals surface area contributed by atoms with Crippen molar-refractivity contribution < 1.29 is 5.11 Å². The molecule has 2 nitrogen and oxygen atoms in total. The van der Waals surface area contributed by atoms with E-state index in [1.54, 1.807) is 0 Å². The number of nitrogens with two attached hydrogens (primary N) is 1. The molecule has 1 aliphatic rings. The standard InChI is InChI=1S/C13H19NO/c1-2-9-6-7-12(15)11-5-3-4-10(8-14)13(9)11/h6-7,10,15H,2-5,8,14H2,1H3. The number of aromatic hydroxyl groups is 1. The first-order valence-corrected chi connectivity index (χ1v) is 5.81. The Morgan fingerprint density at radius 2 is 2.27 bits per heavy atom. The third kappa shape index (κ3) is 1.74. The predicted molar refractivity (Wildman–Crippen MR) is 62.2 cm³/mol. The van der Waals surface area contributed by atoms with E-state index in [2.05, 4.69) is 6.92 Å². The lowest BCUT2D eigenvalue weighted by atomic mass is 9.79. The second-order valence-corrected chi connectivity index (χ2v) is 4.31. The summed E-state index contributed by atoms with van der Waals surface area (Å²) in [6.07, 6.45) is 4.35. The summed E-state index contributed by atoms with van der Waals surface area (Å²) in [5, 5.41) is 9.85. The van der Waals surface area contributed by atoms with Crippen LogP contribution in [0.3, 0.4) is 0 Å². The van der Waals surface area contributed by atoms with Crippen LogP contribution in [-0.4, -0.2) is 11.7 Å². The Hall–Kier alpha value is -1.02. The topological polar surface area (TPSA) is 46.2 Å². The molecule has 1 atom stereocenters. The van der Waals surface area contributed by atoms with Crippen LogP contribution in [0.25, 0.3) is 0 Å². The summed E-state index contributed by atoms with van der Waals surface area (Å²) in [4.78, 5) is 0. The highest BCUT2D eigenvalue weighted by Gasteiger charge is 2.23. The van der Waals surface area contributed by atoms with Crippen LogP contribution in [0, 0.1) is 0 Å². The number of phenolic OH excluding ortho intramolecular Hbond substituents is 1. The molecule has 15 heavy (non-hydrogen) atoms. The maximum Gasteiger partial charge on any atom is 0.119 e. The first kappa shape index (κ1) is 10.5. The molecule has 1 aromatic carbocycles. The molecule has 1 unspecified atom stereocenters. The predicted octanol–water partition coefficient (Wildman–Crippen LogP) is 2.33. The van der Waals surface area contributed by atoms with Crippen LogP contribution in [0.5, 0.6) is 5.75 Å². The molecule has 82 valence electrons. The third-order valence-electron chi connectivity index (χ3n) is 3.48. The van der Waals surface area contributed by atoms with Gasteiger partial charge in [0.1, 0.15) is 5.75 Å². The lowest BCUT2D eigenvalue weighted by Crippen LogP contribution is -2.20. The van der Waals surface area contributed by atoms with E-state index >= 15 is 0 Å². The van der Waals surface area contributed by atoms with Crippen molar-refractivity contribution in [2.75, 3.05) is 6.54 Å².